The molecule has 12 heteroatoms. The van der Waals surface area contributed by atoms with Crippen molar-refractivity contribution in [2.45, 2.75) is 63.2 Å². The summed E-state index contributed by atoms with van der Waals surface area (Å²) in [4.78, 5) is 43.6. The lowest BCUT2D eigenvalue weighted by molar-refractivity contribution is -0.124. The first-order valence-electron chi connectivity index (χ1n) is 14.2. The van der Waals surface area contributed by atoms with Crippen LogP contribution in [0.3, 0.4) is 0 Å². The van der Waals surface area contributed by atoms with Gasteiger partial charge in [-0.2, -0.15) is 0 Å². The van der Waals surface area contributed by atoms with Gasteiger partial charge in [-0.05, 0) is 61.2 Å². The van der Waals surface area contributed by atoms with Gasteiger partial charge in [0.1, 0.15) is 4.88 Å². The minimum Gasteiger partial charge on any atom is -0.462 e. The van der Waals surface area contributed by atoms with Crippen molar-refractivity contribution < 1.29 is 27.5 Å². The van der Waals surface area contributed by atoms with E-state index in [2.05, 4.69) is 10.0 Å². The Kier molecular flexibility index (Phi) is 9.55. The van der Waals surface area contributed by atoms with Crippen LogP contribution in [0.1, 0.15) is 80.6 Å². The van der Waals surface area contributed by atoms with Gasteiger partial charge in [0.15, 0.2) is 0 Å². The van der Waals surface area contributed by atoms with Gasteiger partial charge >= 0.3 is 5.97 Å². The van der Waals surface area contributed by atoms with Crippen LogP contribution in [0.25, 0.3) is 0 Å². The number of hydrogen-bond acceptors (Lipinski definition) is 7. The number of nitrogens with one attached hydrogen (secondary N) is 2. The van der Waals surface area contributed by atoms with E-state index in [0.29, 0.717) is 33.9 Å². The fourth-order valence-electron chi connectivity index (χ4n) is 6.14. The third kappa shape index (κ3) is 6.95. The number of halogens is 1. The predicted octanol–water partition coefficient (Wildman–Crippen LogP) is 5.04. The molecule has 0 bridgehead atoms. The number of amides is 2. The van der Waals surface area contributed by atoms with E-state index >= 15 is 0 Å². The standard InChI is InChI=1S/C31H34ClN3O6S2/c1-3-41-31(38)26-17-16-21(42-26)18-33-29(36)27-22-8-4-5-9-23(22)30(37)35(28(27)19-12-14-20(32)15-13-19)25-11-7-6-10-24(25)34-43(2,39)40/h4-5,8-9,12-17,24-25,27-28,34H,3,6-7,10-11,18H2,1-2H3,(H,33,36)/t24-,25-,27+,28-/m0/s1. The summed E-state index contributed by atoms with van der Waals surface area (Å²) in [6, 6.07) is 15.9. The third-order valence-corrected chi connectivity index (χ3v) is 9.95. The Morgan fingerprint density at radius 2 is 1.77 bits per heavy atom. The van der Waals surface area contributed by atoms with Crippen LogP contribution in [-0.2, 0) is 26.1 Å². The average molecular weight is 644 g/mol. The van der Waals surface area contributed by atoms with Gasteiger partial charge < -0.3 is 15.0 Å². The summed E-state index contributed by atoms with van der Waals surface area (Å²) < 4.78 is 32.5. The second-order valence-electron chi connectivity index (χ2n) is 10.8. The summed E-state index contributed by atoms with van der Waals surface area (Å²) in [5.74, 6) is -1.74. The van der Waals surface area contributed by atoms with E-state index in [9.17, 15) is 22.8 Å². The Hall–Kier alpha value is -3.25. The number of nitrogens with zero attached hydrogens (tertiary/aromatic N) is 1. The molecule has 0 radical (unpaired) electrons. The summed E-state index contributed by atoms with van der Waals surface area (Å²) in [5, 5.41) is 3.55. The zero-order valence-corrected chi connectivity index (χ0v) is 26.3. The number of carbonyl (C=O) groups excluding carboxylic acids is 3. The lowest BCUT2D eigenvalue weighted by Crippen LogP contribution is -2.59. The van der Waals surface area contributed by atoms with E-state index in [-0.39, 0.29) is 25.0 Å². The number of esters is 1. The lowest BCUT2D eigenvalue weighted by Gasteiger charge is -2.49. The Balaban J connectivity index is 1.55. The fraction of sp³-hybridized carbons (Fsp3) is 0.387. The number of fused-ring (bicyclic) bond motifs is 1. The molecule has 0 spiro atoms. The molecule has 43 heavy (non-hydrogen) atoms. The molecular formula is C31H34ClN3O6S2. The van der Waals surface area contributed by atoms with Gasteiger partial charge in [0, 0.05) is 27.5 Å². The van der Waals surface area contributed by atoms with E-state index in [1.54, 1.807) is 60.4 Å². The maximum Gasteiger partial charge on any atom is 0.348 e. The molecule has 1 saturated carbocycles. The Morgan fingerprint density at radius 3 is 2.49 bits per heavy atom. The number of hydrogen-bond donors (Lipinski definition) is 2. The second kappa shape index (κ2) is 13.2. The van der Waals surface area contributed by atoms with Crippen LogP contribution in [0.4, 0.5) is 0 Å². The summed E-state index contributed by atoms with van der Waals surface area (Å²) in [6.45, 7) is 2.20. The Morgan fingerprint density at radius 1 is 1.05 bits per heavy atom. The van der Waals surface area contributed by atoms with Gasteiger partial charge in [-0.15, -0.1) is 11.3 Å². The quantitative estimate of drug-likeness (QED) is 0.315. The van der Waals surface area contributed by atoms with E-state index in [1.807, 2.05) is 12.1 Å². The maximum absolute atomic E-state index is 14.3. The Bertz CT molecular complexity index is 1610. The molecule has 1 fully saturated rings. The molecule has 5 rings (SSSR count). The van der Waals surface area contributed by atoms with Crippen molar-refractivity contribution in [3.8, 4) is 0 Å². The highest BCUT2D eigenvalue weighted by Gasteiger charge is 2.48. The van der Waals surface area contributed by atoms with Gasteiger partial charge in [0.05, 0.1) is 31.4 Å². The molecule has 2 heterocycles. The minimum absolute atomic E-state index is 0.185. The zero-order chi connectivity index (χ0) is 30.7. The van der Waals surface area contributed by atoms with Crippen LogP contribution in [-0.4, -0.2) is 56.0 Å². The molecule has 3 aromatic rings. The van der Waals surface area contributed by atoms with Crippen molar-refractivity contribution in [1.29, 1.82) is 0 Å². The molecule has 1 aliphatic carbocycles. The summed E-state index contributed by atoms with van der Waals surface area (Å²) in [7, 11) is -3.55. The van der Waals surface area contributed by atoms with E-state index in [1.165, 1.54) is 11.3 Å². The number of benzene rings is 2. The van der Waals surface area contributed by atoms with Crippen LogP contribution in [0.15, 0.2) is 60.7 Å². The first-order valence-corrected chi connectivity index (χ1v) is 17.3. The van der Waals surface area contributed by atoms with Gasteiger partial charge in [0.2, 0.25) is 15.9 Å². The number of ether oxygens (including phenoxy) is 1. The molecule has 2 N–H and O–H groups in total. The molecule has 2 amide bonds. The molecular weight excluding hydrogens is 610 g/mol. The van der Waals surface area contributed by atoms with Crippen LogP contribution in [0.2, 0.25) is 5.02 Å². The Labute approximate surface area is 260 Å². The molecule has 1 aromatic heterocycles. The number of sulfonamides is 1. The molecule has 2 aromatic carbocycles. The van der Waals surface area contributed by atoms with Crippen molar-refractivity contribution in [3.05, 3.63) is 92.1 Å². The smallest absolute Gasteiger partial charge is 0.348 e. The van der Waals surface area contributed by atoms with Crippen LogP contribution in [0, 0.1) is 0 Å². The zero-order valence-electron chi connectivity index (χ0n) is 23.9. The number of rotatable bonds is 9. The summed E-state index contributed by atoms with van der Waals surface area (Å²) in [6.07, 6.45) is 3.94. The molecule has 2 aliphatic rings. The van der Waals surface area contributed by atoms with Gasteiger partial charge in [-0.25, -0.2) is 17.9 Å². The second-order valence-corrected chi connectivity index (χ2v) is 14.2. The van der Waals surface area contributed by atoms with Crippen LogP contribution < -0.4 is 10.0 Å². The highest BCUT2D eigenvalue weighted by atomic mass is 35.5. The van der Waals surface area contributed by atoms with Crippen molar-refractivity contribution in [2.24, 2.45) is 0 Å². The molecule has 0 saturated heterocycles. The SMILES string of the molecule is CCOC(=O)c1ccc(CNC(=O)[C@@H]2c3ccccc3C(=O)N([C@H]3CCCC[C@@H]3NS(C)(=O)=O)[C@H]2c2ccc(Cl)cc2)s1. The maximum atomic E-state index is 14.3. The van der Waals surface area contributed by atoms with Crippen LogP contribution in [0.5, 0.6) is 0 Å². The van der Waals surface area contributed by atoms with Crippen molar-refractivity contribution in [2.75, 3.05) is 12.9 Å². The van der Waals surface area contributed by atoms with Gasteiger partial charge in [0.25, 0.3) is 5.91 Å². The van der Waals surface area contributed by atoms with Crippen molar-refractivity contribution in [3.63, 3.8) is 0 Å². The first kappa shape index (κ1) is 31.2. The van der Waals surface area contributed by atoms with Crippen LogP contribution >= 0.6 is 22.9 Å². The predicted molar refractivity (Wildman–Crippen MR) is 166 cm³/mol. The normalized spacial score (nSPS) is 22.1. The van der Waals surface area contributed by atoms with Crippen molar-refractivity contribution in [1.82, 2.24) is 14.9 Å². The number of thiophene rings is 1. The molecule has 1 aliphatic heterocycles. The number of carbonyl (C=O) groups is 3. The monoisotopic (exact) mass is 643 g/mol. The topological polar surface area (TPSA) is 122 Å². The molecule has 9 nitrogen and oxygen atoms in total. The summed E-state index contributed by atoms with van der Waals surface area (Å²) in [5.41, 5.74) is 1.73. The molecule has 4 atom stereocenters. The largest absolute Gasteiger partial charge is 0.462 e. The third-order valence-electron chi connectivity index (χ3n) is 7.90. The lowest BCUT2D eigenvalue weighted by atomic mass is 9.76. The minimum atomic E-state index is -3.55. The summed E-state index contributed by atoms with van der Waals surface area (Å²) >= 11 is 7.48. The highest BCUT2D eigenvalue weighted by molar-refractivity contribution is 7.88. The van der Waals surface area contributed by atoms with Gasteiger partial charge in [-0.3, -0.25) is 9.59 Å². The van der Waals surface area contributed by atoms with E-state index in [4.69, 9.17) is 16.3 Å². The van der Waals surface area contributed by atoms with Crippen molar-refractivity contribution >= 4 is 50.7 Å². The van der Waals surface area contributed by atoms with Gasteiger partial charge in [-0.1, -0.05) is 54.8 Å². The highest BCUT2D eigenvalue weighted by Crippen LogP contribution is 2.46. The average Bonchev–Trinajstić information content (AvgIpc) is 3.46. The molecule has 0 unspecified atom stereocenters. The van der Waals surface area contributed by atoms with E-state index < -0.39 is 40.0 Å². The fourth-order valence-corrected chi connectivity index (χ4v) is 7.93. The van der Waals surface area contributed by atoms with E-state index in [0.717, 1.165) is 29.5 Å². The molecule has 228 valence electrons. The first-order chi connectivity index (χ1) is 20.6.